The number of aryl methyl sites for hydroxylation is 1. The van der Waals surface area contributed by atoms with Gasteiger partial charge in [0, 0.05) is 57.4 Å². The molecule has 3 aromatic rings. The van der Waals surface area contributed by atoms with E-state index in [9.17, 15) is 4.39 Å². The van der Waals surface area contributed by atoms with Crippen LogP contribution in [0.3, 0.4) is 0 Å². The van der Waals surface area contributed by atoms with Crippen molar-refractivity contribution in [3.8, 4) is 0 Å². The highest BCUT2D eigenvalue weighted by atomic mass is 19.1. The van der Waals surface area contributed by atoms with Gasteiger partial charge in [-0.1, -0.05) is 31.5 Å². The van der Waals surface area contributed by atoms with Gasteiger partial charge in [0.2, 0.25) is 0 Å². The molecule has 1 unspecified atom stereocenters. The lowest BCUT2D eigenvalue weighted by molar-refractivity contribution is 0.0505. The zero-order chi connectivity index (χ0) is 27.7. The lowest BCUT2D eigenvalue weighted by Gasteiger charge is -2.46. The van der Waals surface area contributed by atoms with Crippen LogP contribution in [-0.4, -0.2) is 76.6 Å². The topological polar surface area (TPSA) is 39.6 Å². The fourth-order valence-corrected chi connectivity index (χ4v) is 7.14. The molecule has 2 fully saturated rings. The van der Waals surface area contributed by atoms with Crippen molar-refractivity contribution in [1.29, 1.82) is 0 Å². The molecule has 0 saturated carbocycles. The molecule has 2 saturated heterocycles. The number of benzene rings is 2. The minimum Gasteiger partial charge on any atom is -0.330 e. The third-order valence-corrected chi connectivity index (χ3v) is 9.17. The van der Waals surface area contributed by atoms with Gasteiger partial charge in [0.25, 0.3) is 0 Å². The van der Waals surface area contributed by atoms with Crippen LogP contribution < -0.4 is 5.32 Å². The Hall–Kier alpha value is -2.32. The van der Waals surface area contributed by atoms with Crippen LogP contribution in [0.2, 0.25) is 0 Å². The number of hydrogen-bond donors (Lipinski definition) is 1. The average Bonchev–Trinajstić information content (AvgIpc) is 3.22. The molecule has 3 heterocycles. The first-order valence-corrected chi connectivity index (χ1v) is 14.8. The number of rotatable bonds is 8. The standard InChI is InChI=1S/C32H47FN6/c1-7-9-30(39-20-23(2)34-24(3)21-39)31-35-28-18-25(12-13-29(28)37(31)6)22-38-16-14-32(15-17-38,36(4)5)26-10-8-11-27(33)19-26/h8,10-13,18-19,23-24,30,34H,7,9,14-17,20-22H2,1-6H3/t23-,24+,30?. The predicted octanol–water partition coefficient (Wildman–Crippen LogP) is 5.29. The maximum atomic E-state index is 14.1. The van der Waals surface area contributed by atoms with E-state index < -0.39 is 0 Å². The molecule has 6 nitrogen and oxygen atoms in total. The normalized spacial score (nSPS) is 23.5. The van der Waals surface area contributed by atoms with E-state index in [0.717, 1.165) is 69.5 Å². The Kier molecular flexibility index (Phi) is 8.43. The second-order valence-corrected chi connectivity index (χ2v) is 12.3. The van der Waals surface area contributed by atoms with Crippen LogP contribution in [0.15, 0.2) is 42.5 Å². The lowest BCUT2D eigenvalue weighted by atomic mass is 9.79. The molecule has 212 valence electrons. The summed E-state index contributed by atoms with van der Waals surface area (Å²) in [6, 6.07) is 15.3. The molecule has 5 rings (SSSR count). The van der Waals surface area contributed by atoms with Crippen LogP contribution in [0, 0.1) is 5.82 Å². The van der Waals surface area contributed by atoms with Crippen LogP contribution >= 0.6 is 0 Å². The predicted molar refractivity (Wildman–Crippen MR) is 158 cm³/mol. The van der Waals surface area contributed by atoms with Gasteiger partial charge < -0.3 is 9.88 Å². The number of halogens is 1. The van der Waals surface area contributed by atoms with Crippen molar-refractivity contribution in [3.05, 3.63) is 65.2 Å². The number of aromatic nitrogens is 2. The summed E-state index contributed by atoms with van der Waals surface area (Å²) in [7, 11) is 6.43. The van der Waals surface area contributed by atoms with Crippen molar-refractivity contribution < 1.29 is 4.39 Å². The van der Waals surface area contributed by atoms with Crippen LogP contribution in [0.25, 0.3) is 11.0 Å². The smallest absolute Gasteiger partial charge is 0.127 e. The Morgan fingerprint density at radius 2 is 1.79 bits per heavy atom. The second-order valence-electron chi connectivity index (χ2n) is 12.3. The van der Waals surface area contributed by atoms with Gasteiger partial charge in [-0.05, 0) is 82.6 Å². The highest BCUT2D eigenvalue weighted by Crippen LogP contribution is 2.38. The first kappa shape index (κ1) is 28.2. The zero-order valence-electron chi connectivity index (χ0n) is 24.8. The minimum atomic E-state index is -0.152. The van der Waals surface area contributed by atoms with Gasteiger partial charge in [0.05, 0.1) is 17.1 Å². The van der Waals surface area contributed by atoms with Gasteiger partial charge in [-0.2, -0.15) is 0 Å². The zero-order valence-corrected chi connectivity index (χ0v) is 24.8. The first-order valence-electron chi connectivity index (χ1n) is 14.8. The largest absolute Gasteiger partial charge is 0.330 e. The summed E-state index contributed by atoms with van der Waals surface area (Å²) < 4.78 is 16.4. The summed E-state index contributed by atoms with van der Waals surface area (Å²) in [5.41, 5.74) is 4.59. The van der Waals surface area contributed by atoms with Gasteiger partial charge in [-0.25, -0.2) is 9.37 Å². The van der Waals surface area contributed by atoms with Gasteiger partial charge in [0.1, 0.15) is 11.6 Å². The first-order chi connectivity index (χ1) is 18.7. The molecule has 2 aliphatic heterocycles. The van der Waals surface area contributed by atoms with Gasteiger partial charge in [-0.15, -0.1) is 0 Å². The van der Waals surface area contributed by atoms with Gasteiger partial charge in [-0.3, -0.25) is 14.7 Å². The highest BCUT2D eigenvalue weighted by molar-refractivity contribution is 5.77. The number of nitrogens with one attached hydrogen (secondary N) is 1. The van der Waals surface area contributed by atoms with E-state index in [4.69, 9.17) is 4.98 Å². The molecule has 0 amide bonds. The molecular weight excluding hydrogens is 487 g/mol. The fourth-order valence-electron chi connectivity index (χ4n) is 7.14. The minimum absolute atomic E-state index is 0.119. The number of piperidine rings is 1. The van der Waals surface area contributed by atoms with E-state index in [0.29, 0.717) is 18.1 Å². The summed E-state index contributed by atoms with van der Waals surface area (Å²) in [5, 5.41) is 3.67. The van der Waals surface area contributed by atoms with Crippen LogP contribution in [0.1, 0.15) is 69.4 Å². The summed E-state index contributed by atoms with van der Waals surface area (Å²) in [4.78, 5) is 12.7. The molecule has 39 heavy (non-hydrogen) atoms. The third-order valence-electron chi connectivity index (χ3n) is 9.17. The number of hydrogen-bond acceptors (Lipinski definition) is 5. The SMILES string of the molecule is CCCC(c1nc2cc(CN3CCC(c4cccc(F)c4)(N(C)C)CC3)ccc2n1C)N1C[C@@H](C)N[C@@H](C)C1. The van der Waals surface area contributed by atoms with Crippen LogP contribution in [0.4, 0.5) is 4.39 Å². The van der Waals surface area contributed by atoms with Gasteiger partial charge >= 0.3 is 0 Å². The Labute approximate surface area is 234 Å². The molecule has 0 spiro atoms. The molecule has 0 aliphatic carbocycles. The highest BCUT2D eigenvalue weighted by Gasteiger charge is 2.38. The molecule has 0 bridgehead atoms. The van der Waals surface area contributed by atoms with Crippen molar-refractivity contribution in [1.82, 2.24) is 29.6 Å². The van der Waals surface area contributed by atoms with E-state index in [1.807, 2.05) is 6.07 Å². The van der Waals surface area contributed by atoms with E-state index >= 15 is 0 Å². The van der Waals surface area contributed by atoms with Crippen LogP contribution in [-0.2, 0) is 19.1 Å². The number of piperazine rings is 1. The van der Waals surface area contributed by atoms with Crippen molar-refractivity contribution in [2.24, 2.45) is 7.05 Å². The molecular formula is C32H47FN6. The quantitative estimate of drug-likeness (QED) is 0.425. The summed E-state index contributed by atoms with van der Waals surface area (Å²) in [6.07, 6.45) is 4.24. The van der Waals surface area contributed by atoms with Crippen molar-refractivity contribution in [2.45, 2.75) is 76.7 Å². The second kappa shape index (κ2) is 11.7. The summed E-state index contributed by atoms with van der Waals surface area (Å²) in [5.74, 6) is 1.04. The Balaban J connectivity index is 1.32. The summed E-state index contributed by atoms with van der Waals surface area (Å²) >= 11 is 0. The average molecular weight is 535 g/mol. The maximum absolute atomic E-state index is 14.1. The Morgan fingerprint density at radius 1 is 1.08 bits per heavy atom. The van der Waals surface area contributed by atoms with Crippen LogP contribution in [0.5, 0.6) is 0 Å². The number of nitrogens with zero attached hydrogens (tertiary/aromatic N) is 5. The molecule has 3 atom stereocenters. The molecule has 1 aromatic heterocycles. The molecule has 2 aromatic carbocycles. The Morgan fingerprint density at radius 3 is 2.44 bits per heavy atom. The molecule has 7 heteroatoms. The van der Waals surface area contributed by atoms with Crippen molar-refractivity contribution in [2.75, 3.05) is 40.3 Å². The number of likely N-dealkylation sites (tertiary alicyclic amines) is 1. The fraction of sp³-hybridized carbons (Fsp3) is 0.594. The molecule has 0 radical (unpaired) electrons. The van der Waals surface area contributed by atoms with E-state index in [2.05, 4.69) is 90.8 Å². The van der Waals surface area contributed by atoms with Crippen molar-refractivity contribution in [3.63, 3.8) is 0 Å². The van der Waals surface area contributed by atoms with E-state index in [-0.39, 0.29) is 11.4 Å². The summed E-state index contributed by atoms with van der Waals surface area (Å²) in [6.45, 7) is 11.9. The maximum Gasteiger partial charge on any atom is 0.127 e. The van der Waals surface area contributed by atoms with Gasteiger partial charge in [0.15, 0.2) is 0 Å². The third kappa shape index (κ3) is 5.78. The van der Waals surface area contributed by atoms with Crippen molar-refractivity contribution >= 4 is 11.0 Å². The lowest BCUT2D eigenvalue weighted by Crippen LogP contribution is -2.55. The monoisotopic (exact) mass is 534 g/mol. The number of fused-ring (bicyclic) bond motifs is 1. The van der Waals surface area contributed by atoms with E-state index in [1.165, 1.54) is 23.0 Å². The van der Waals surface area contributed by atoms with E-state index in [1.54, 1.807) is 6.07 Å². The molecule has 1 N–H and O–H groups in total. The molecule has 2 aliphatic rings. The Bertz CT molecular complexity index is 1250. The number of imidazole rings is 1.